The van der Waals surface area contributed by atoms with Gasteiger partial charge in [-0.1, -0.05) is 43.7 Å². The standard InChI is InChI=1S/C21H26N2O2/c1-4-17(5-2)21(25)23-19-12-10-18(11-13-19)20(24)22-14-16-8-6-15(3)7-9-16/h6-13,17H,4-5,14H2,1-3H3,(H,22,24)(H,23,25). The number of rotatable bonds is 7. The topological polar surface area (TPSA) is 58.2 Å². The molecular weight excluding hydrogens is 312 g/mol. The number of aryl methyl sites for hydroxylation is 1. The molecule has 0 bridgehead atoms. The molecule has 0 fully saturated rings. The van der Waals surface area contributed by atoms with E-state index in [2.05, 4.69) is 10.6 Å². The first-order valence-corrected chi connectivity index (χ1v) is 8.78. The van der Waals surface area contributed by atoms with Gasteiger partial charge in [-0.15, -0.1) is 0 Å². The summed E-state index contributed by atoms with van der Waals surface area (Å²) in [5.74, 6) is -0.0718. The molecule has 2 N–H and O–H groups in total. The van der Waals surface area contributed by atoms with Crippen LogP contribution in [0.5, 0.6) is 0 Å². The van der Waals surface area contributed by atoms with Crippen molar-refractivity contribution < 1.29 is 9.59 Å². The van der Waals surface area contributed by atoms with Gasteiger partial charge in [0.05, 0.1) is 0 Å². The van der Waals surface area contributed by atoms with Crippen LogP contribution in [0.4, 0.5) is 5.69 Å². The third kappa shape index (κ3) is 5.45. The predicted molar refractivity (Wildman–Crippen MR) is 101 cm³/mol. The molecule has 0 unspecified atom stereocenters. The second-order valence-electron chi connectivity index (χ2n) is 6.25. The van der Waals surface area contributed by atoms with Crippen LogP contribution < -0.4 is 10.6 Å². The monoisotopic (exact) mass is 338 g/mol. The molecule has 25 heavy (non-hydrogen) atoms. The fourth-order valence-corrected chi connectivity index (χ4v) is 2.60. The van der Waals surface area contributed by atoms with Gasteiger partial charge >= 0.3 is 0 Å². The van der Waals surface area contributed by atoms with E-state index in [9.17, 15) is 9.59 Å². The normalized spacial score (nSPS) is 10.6. The summed E-state index contributed by atoms with van der Waals surface area (Å²) in [5, 5.41) is 5.81. The quantitative estimate of drug-likeness (QED) is 0.791. The fraction of sp³-hybridized carbons (Fsp3) is 0.333. The predicted octanol–water partition coefficient (Wildman–Crippen LogP) is 4.30. The van der Waals surface area contributed by atoms with Crippen LogP contribution in [0.2, 0.25) is 0 Å². The first-order chi connectivity index (χ1) is 12.0. The first-order valence-electron chi connectivity index (χ1n) is 8.78. The maximum atomic E-state index is 12.2. The van der Waals surface area contributed by atoms with E-state index >= 15 is 0 Å². The highest BCUT2D eigenvalue weighted by molar-refractivity contribution is 5.96. The summed E-state index contributed by atoms with van der Waals surface area (Å²) in [5.41, 5.74) is 3.55. The Hall–Kier alpha value is -2.62. The summed E-state index contributed by atoms with van der Waals surface area (Å²) in [6, 6.07) is 15.1. The van der Waals surface area contributed by atoms with Crippen molar-refractivity contribution in [3.8, 4) is 0 Å². The van der Waals surface area contributed by atoms with Crippen LogP contribution in [0.25, 0.3) is 0 Å². The summed E-state index contributed by atoms with van der Waals surface area (Å²) < 4.78 is 0. The third-order valence-corrected chi connectivity index (χ3v) is 4.34. The van der Waals surface area contributed by atoms with E-state index in [-0.39, 0.29) is 17.7 Å². The second kappa shape index (κ2) is 9.02. The summed E-state index contributed by atoms with van der Waals surface area (Å²) in [4.78, 5) is 24.3. The van der Waals surface area contributed by atoms with Crippen molar-refractivity contribution in [3.05, 3.63) is 65.2 Å². The molecule has 2 amide bonds. The molecule has 0 spiro atoms. The Morgan fingerprint density at radius 1 is 0.920 bits per heavy atom. The molecular formula is C21H26N2O2. The SMILES string of the molecule is CCC(CC)C(=O)Nc1ccc(C(=O)NCc2ccc(C)cc2)cc1. The molecule has 0 saturated carbocycles. The van der Waals surface area contributed by atoms with Crippen molar-refractivity contribution in [3.63, 3.8) is 0 Å². The minimum atomic E-state index is -0.126. The van der Waals surface area contributed by atoms with Gasteiger partial charge in [0.25, 0.3) is 5.91 Å². The molecule has 2 aromatic carbocycles. The van der Waals surface area contributed by atoms with Crippen molar-refractivity contribution in [2.45, 2.75) is 40.2 Å². The Balaban J connectivity index is 1.91. The molecule has 0 aliphatic rings. The zero-order valence-corrected chi connectivity index (χ0v) is 15.1. The van der Waals surface area contributed by atoms with Gasteiger partial charge in [-0.2, -0.15) is 0 Å². The number of carbonyl (C=O) groups excluding carboxylic acids is 2. The Bertz CT molecular complexity index is 702. The minimum Gasteiger partial charge on any atom is -0.348 e. The van der Waals surface area contributed by atoms with Gasteiger partial charge in [-0.3, -0.25) is 9.59 Å². The van der Waals surface area contributed by atoms with E-state index in [0.29, 0.717) is 17.8 Å². The zero-order chi connectivity index (χ0) is 18.2. The molecule has 132 valence electrons. The lowest BCUT2D eigenvalue weighted by atomic mass is 10.0. The van der Waals surface area contributed by atoms with Crippen LogP contribution in [-0.2, 0) is 11.3 Å². The van der Waals surface area contributed by atoms with Crippen LogP contribution in [0.3, 0.4) is 0 Å². The largest absolute Gasteiger partial charge is 0.348 e. The molecule has 0 radical (unpaired) electrons. The van der Waals surface area contributed by atoms with Crippen LogP contribution in [-0.4, -0.2) is 11.8 Å². The molecule has 2 rings (SSSR count). The van der Waals surface area contributed by atoms with Crippen LogP contribution in [0, 0.1) is 12.8 Å². The van der Waals surface area contributed by atoms with Crippen molar-refractivity contribution >= 4 is 17.5 Å². The maximum absolute atomic E-state index is 12.2. The molecule has 0 heterocycles. The van der Waals surface area contributed by atoms with Gasteiger partial charge in [0.15, 0.2) is 0 Å². The molecule has 0 aromatic heterocycles. The summed E-state index contributed by atoms with van der Waals surface area (Å²) >= 11 is 0. The molecule has 4 nitrogen and oxygen atoms in total. The molecule has 0 aliphatic heterocycles. The van der Waals surface area contributed by atoms with Crippen LogP contribution in [0.1, 0.15) is 48.2 Å². The highest BCUT2D eigenvalue weighted by atomic mass is 16.2. The Labute approximate surface area is 149 Å². The smallest absolute Gasteiger partial charge is 0.251 e. The Kier molecular flexibility index (Phi) is 6.75. The van der Waals surface area contributed by atoms with E-state index in [1.165, 1.54) is 5.56 Å². The van der Waals surface area contributed by atoms with Crippen molar-refractivity contribution in [2.24, 2.45) is 5.92 Å². The van der Waals surface area contributed by atoms with Crippen molar-refractivity contribution in [1.82, 2.24) is 5.32 Å². The van der Waals surface area contributed by atoms with Crippen molar-refractivity contribution in [1.29, 1.82) is 0 Å². The number of nitrogens with one attached hydrogen (secondary N) is 2. The number of hydrogen-bond acceptors (Lipinski definition) is 2. The molecule has 0 aliphatic carbocycles. The average molecular weight is 338 g/mol. The van der Waals surface area contributed by atoms with E-state index in [1.54, 1.807) is 24.3 Å². The Morgan fingerprint density at radius 3 is 2.08 bits per heavy atom. The van der Waals surface area contributed by atoms with E-state index in [4.69, 9.17) is 0 Å². The van der Waals surface area contributed by atoms with E-state index in [0.717, 1.165) is 18.4 Å². The zero-order valence-electron chi connectivity index (χ0n) is 15.1. The molecule has 0 saturated heterocycles. The maximum Gasteiger partial charge on any atom is 0.251 e. The van der Waals surface area contributed by atoms with Crippen molar-refractivity contribution in [2.75, 3.05) is 5.32 Å². The number of anilines is 1. The highest BCUT2D eigenvalue weighted by Gasteiger charge is 2.14. The van der Waals surface area contributed by atoms with Crippen LogP contribution >= 0.6 is 0 Å². The highest BCUT2D eigenvalue weighted by Crippen LogP contribution is 2.14. The molecule has 2 aromatic rings. The summed E-state index contributed by atoms with van der Waals surface area (Å²) in [6.07, 6.45) is 1.64. The fourth-order valence-electron chi connectivity index (χ4n) is 2.60. The van der Waals surface area contributed by atoms with Gasteiger partial charge in [-0.25, -0.2) is 0 Å². The lowest BCUT2D eigenvalue weighted by molar-refractivity contribution is -0.120. The van der Waals surface area contributed by atoms with Gasteiger partial charge < -0.3 is 10.6 Å². The lowest BCUT2D eigenvalue weighted by Gasteiger charge is -2.13. The summed E-state index contributed by atoms with van der Waals surface area (Å²) in [6.45, 7) is 6.54. The summed E-state index contributed by atoms with van der Waals surface area (Å²) in [7, 11) is 0. The number of carbonyl (C=O) groups is 2. The minimum absolute atomic E-state index is 0.0254. The Morgan fingerprint density at radius 2 is 1.52 bits per heavy atom. The van der Waals surface area contributed by atoms with Gasteiger partial charge in [0.2, 0.25) is 5.91 Å². The van der Waals surface area contributed by atoms with Gasteiger partial charge in [0.1, 0.15) is 0 Å². The second-order valence-corrected chi connectivity index (χ2v) is 6.25. The molecule has 0 atom stereocenters. The van der Waals surface area contributed by atoms with E-state index in [1.807, 2.05) is 45.0 Å². The van der Waals surface area contributed by atoms with E-state index < -0.39 is 0 Å². The number of amides is 2. The molecule has 4 heteroatoms. The van der Waals surface area contributed by atoms with Gasteiger partial charge in [-0.05, 0) is 49.6 Å². The lowest BCUT2D eigenvalue weighted by Crippen LogP contribution is -2.23. The van der Waals surface area contributed by atoms with Gasteiger partial charge in [0, 0.05) is 23.7 Å². The first kappa shape index (κ1) is 18.7. The van der Waals surface area contributed by atoms with Crippen LogP contribution in [0.15, 0.2) is 48.5 Å². The number of hydrogen-bond donors (Lipinski definition) is 2. The third-order valence-electron chi connectivity index (χ3n) is 4.34. The average Bonchev–Trinajstić information content (AvgIpc) is 2.62. The number of benzene rings is 2.